The lowest BCUT2D eigenvalue weighted by Crippen LogP contribution is -2.37. The molecule has 0 bridgehead atoms. The van der Waals surface area contributed by atoms with E-state index < -0.39 is 5.60 Å². The summed E-state index contributed by atoms with van der Waals surface area (Å²) in [5.41, 5.74) is 10.0. The average Bonchev–Trinajstić information content (AvgIpc) is 3.41. The molecular formula is C44H43FN2O3. The first-order valence-corrected chi connectivity index (χ1v) is 18.1. The molecule has 0 atom stereocenters. The molecule has 0 unspecified atom stereocenters. The van der Waals surface area contributed by atoms with Crippen molar-refractivity contribution in [3.63, 3.8) is 0 Å². The molecule has 0 amide bonds. The number of morpholine rings is 2. The zero-order valence-corrected chi connectivity index (χ0v) is 29.1. The minimum Gasteiger partial charge on any atom is -0.472 e. The lowest BCUT2D eigenvalue weighted by Gasteiger charge is -2.39. The zero-order chi connectivity index (χ0) is 34.0. The van der Waals surface area contributed by atoms with Crippen LogP contribution in [-0.4, -0.2) is 52.6 Å². The van der Waals surface area contributed by atoms with Gasteiger partial charge in [0.2, 0.25) is 0 Å². The van der Waals surface area contributed by atoms with E-state index in [2.05, 4.69) is 116 Å². The lowest BCUT2D eigenvalue weighted by atomic mass is 9.75. The minimum absolute atomic E-state index is 0.182. The van der Waals surface area contributed by atoms with Gasteiger partial charge in [-0.3, -0.25) is 0 Å². The van der Waals surface area contributed by atoms with E-state index in [1.807, 2.05) is 0 Å². The summed E-state index contributed by atoms with van der Waals surface area (Å²) in [6.07, 6.45) is 5.30. The monoisotopic (exact) mass is 666 g/mol. The van der Waals surface area contributed by atoms with Crippen molar-refractivity contribution >= 4 is 28.2 Å². The molecule has 254 valence electrons. The van der Waals surface area contributed by atoms with Gasteiger partial charge in [0, 0.05) is 65.0 Å². The van der Waals surface area contributed by atoms with Crippen LogP contribution >= 0.6 is 0 Å². The van der Waals surface area contributed by atoms with E-state index in [4.69, 9.17) is 14.2 Å². The molecule has 9 rings (SSSR count). The molecule has 5 aromatic carbocycles. The van der Waals surface area contributed by atoms with Crippen molar-refractivity contribution in [2.45, 2.75) is 38.2 Å². The highest BCUT2D eigenvalue weighted by Crippen LogP contribution is 2.59. The highest BCUT2D eigenvalue weighted by Gasteiger charge is 2.45. The number of nitrogens with zero attached hydrogens (tertiary/aromatic N) is 2. The Morgan fingerprint density at radius 2 is 1.26 bits per heavy atom. The Morgan fingerprint density at radius 3 is 1.82 bits per heavy atom. The molecule has 0 saturated carbocycles. The fourth-order valence-corrected chi connectivity index (χ4v) is 8.98. The van der Waals surface area contributed by atoms with Crippen molar-refractivity contribution in [1.82, 2.24) is 0 Å². The molecule has 6 heteroatoms. The van der Waals surface area contributed by atoms with Gasteiger partial charge in [0.25, 0.3) is 0 Å². The fraction of sp³-hybridized carbons (Fsp3) is 0.318. The van der Waals surface area contributed by atoms with Crippen LogP contribution < -0.4 is 14.5 Å². The standard InChI is InChI=1S/C44H43FN2O3/c1-4-29-27-32(45)28-38-39-35-7-5-6-8-36(35)42-37(41(39)43(2,3)40(29)38)17-18-44(50-42,30-9-13-33(14-10-30)46-19-23-48-24-20-46)31-11-15-34(16-12-31)47-21-25-49-26-22-47/h5-18,27-28H,4,19-26H2,1-3H3. The van der Waals surface area contributed by atoms with Crippen LogP contribution in [0.3, 0.4) is 0 Å². The maximum atomic E-state index is 15.2. The number of benzene rings is 5. The molecule has 4 aliphatic rings. The quantitative estimate of drug-likeness (QED) is 0.187. The Morgan fingerprint density at radius 1 is 0.700 bits per heavy atom. The second-order valence-corrected chi connectivity index (χ2v) is 14.5. The van der Waals surface area contributed by atoms with Crippen LogP contribution in [0.5, 0.6) is 5.75 Å². The summed E-state index contributed by atoms with van der Waals surface area (Å²) in [5, 5.41) is 2.13. The lowest BCUT2D eigenvalue weighted by molar-refractivity contribution is 0.122. The molecule has 5 nitrogen and oxygen atoms in total. The number of anilines is 2. The van der Waals surface area contributed by atoms with Crippen LogP contribution in [-0.2, 0) is 26.9 Å². The molecular weight excluding hydrogens is 623 g/mol. The largest absolute Gasteiger partial charge is 0.472 e. The van der Waals surface area contributed by atoms with E-state index >= 15 is 4.39 Å². The highest BCUT2D eigenvalue weighted by atomic mass is 19.1. The highest BCUT2D eigenvalue weighted by molar-refractivity contribution is 6.08. The van der Waals surface area contributed by atoms with Crippen molar-refractivity contribution in [2.75, 3.05) is 62.4 Å². The van der Waals surface area contributed by atoms with Crippen LogP contribution in [0.1, 0.15) is 54.2 Å². The van der Waals surface area contributed by atoms with E-state index in [1.54, 1.807) is 12.1 Å². The SMILES string of the molecule is CCc1cc(F)cc2c1C(C)(C)c1c3c(c4ccccc4c1-2)OC(c1ccc(N2CCOCC2)cc1)(c1ccc(N2CCOCC2)cc1)C=C3. The summed E-state index contributed by atoms with van der Waals surface area (Å²) < 4.78 is 34.0. The van der Waals surface area contributed by atoms with Gasteiger partial charge >= 0.3 is 0 Å². The molecule has 1 aliphatic carbocycles. The second kappa shape index (κ2) is 12.0. The van der Waals surface area contributed by atoms with Crippen LogP contribution in [0.15, 0.2) is 91.0 Å². The van der Waals surface area contributed by atoms with Crippen LogP contribution in [0.25, 0.3) is 28.0 Å². The predicted octanol–water partition coefficient (Wildman–Crippen LogP) is 8.87. The van der Waals surface area contributed by atoms with Crippen molar-refractivity contribution in [1.29, 1.82) is 0 Å². The minimum atomic E-state index is -0.868. The summed E-state index contributed by atoms with van der Waals surface area (Å²) in [7, 11) is 0. The first kappa shape index (κ1) is 31.3. The molecule has 3 heterocycles. The van der Waals surface area contributed by atoms with Gasteiger partial charge in [-0.25, -0.2) is 4.39 Å². The third-order valence-electron chi connectivity index (χ3n) is 11.4. The molecule has 2 fully saturated rings. The van der Waals surface area contributed by atoms with Crippen LogP contribution in [0.2, 0.25) is 0 Å². The molecule has 2 saturated heterocycles. The maximum Gasteiger partial charge on any atom is 0.178 e. The number of halogens is 1. The fourth-order valence-electron chi connectivity index (χ4n) is 8.98. The Bertz CT molecular complexity index is 2060. The molecule has 3 aliphatic heterocycles. The van der Waals surface area contributed by atoms with Gasteiger partial charge < -0.3 is 24.0 Å². The van der Waals surface area contributed by atoms with Gasteiger partial charge in [0.15, 0.2) is 5.60 Å². The summed E-state index contributed by atoms with van der Waals surface area (Å²) in [6, 6.07) is 29.7. The van der Waals surface area contributed by atoms with Crippen molar-refractivity contribution in [2.24, 2.45) is 0 Å². The first-order valence-electron chi connectivity index (χ1n) is 18.1. The predicted molar refractivity (Wildman–Crippen MR) is 200 cm³/mol. The summed E-state index contributed by atoms with van der Waals surface area (Å²) in [4.78, 5) is 4.77. The summed E-state index contributed by atoms with van der Waals surface area (Å²) in [5.74, 6) is 0.689. The van der Waals surface area contributed by atoms with Crippen LogP contribution in [0, 0.1) is 5.82 Å². The maximum absolute atomic E-state index is 15.2. The third-order valence-corrected chi connectivity index (χ3v) is 11.4. The topological polar surface area (TPSA) is 34.2 Å². The van der Waals surface area contributed by atoms with Crippen LogP contribution in [0.4, 0.5) is 15.8 Å². The Labute approximate surface area is 293 Å². The van der Waals surface area contributed by atoms with Gasteiger partial charge in [-0.2, -0.15) is 0 Å². The van der Waals surface area contributed by atoms with Crippen molar-refractivity contribution < 1.29 is 18.6 Å². The number of aryl methyl sites for hydroxylation is 1. The zero-order valence-electron chi connectivity index (χ0n) is 29.1. The molecule has 5 aromatic rings. The number of hydrogen-bond acceptors (Lipinski definition) is 5. The van der Waals surface area contributed by atoms with E-state index in [9.17, 15) is 0 Å². The number of hydrogen-bond donors (Lipinski definition) is 0. The molecule has 50 heavy (non-hydrogen) atoms. The number of fused-ring (bicyclic) bond motifs is 8. The Hall–Kier alpha value is -4.65. The molecule has 0 aromatic heterocycles. The third kappa shape index (κ3) is 4.79. The first-order chi connectivity index (χ1) is 24.4. The molecule has 0 radical (unpaired) electrons. The van der Waals surface area contributed by atoms with Gasteiger partial charge in [0.1, 0.15) is 11.6 Å². The van der Waals surface area contributed by atoms with Gasteiger partial charge in [-0.05, 0) is 82.1 Å². The molecule has 0 spiro atoms. The molecule has 0 N–H and O–H groups in total. The van der Waals surface area contributed by atoms with E-state index in [0.717, 1.165) is 109 Å². The van der Waals surface area contributed by atoms with Gasteiger partial charge in [-0.15, -0.1) is 0 Å². The van der Waals surface area contributed by atoms with Gasteiger partial charge in [0.05, 0.1) is 26.4 Å². The van der Waals surface area contributed by atoms with Crippen molar-refractivity contribution in [3.8, 4) is 16.9 Å². The number of rotatable bonds is 5. The van der Waals surface area contributed by atoms with E-state index in [0.29, 0.717) is 0 Å². The average molecular weight is 667 g/mol. The summed E-state index contributed by atoms with van der Waals surface area (Å²) in [6.45, 7) is 13.2. The summed E-state index contributed by atoms with van der Waals surface area (Å²) >= 11 is 0. The van der Waals surface area contributed by atoms with E-state index in [-0.39, 0.29) is 11.2 Å². The normalized spacial score (nSPS) is 18.8. The van der Waals surface area contributed by atoms with Gasteiger partial charge in [-0.1, -0.05) is 75.4 Å². The Balaban J connectivity index is 1.23. The number of ether oxygens (including phenoxy) is 3. The van der Waals surface area contributed by atoms with E-state index in [1.165, 1.54) is 22.5 Å². The smallest absolute Gasteiger partial charge is 0.178 e. The second-order valence-electron chi connectivity index (χ2n) is 14.5. The Kier molecular flexibility index (Phi) is 7.52. The van der Waals surface area contributed by atoms with Crippen molar-refractivity contribution in [3.05, 3.63) is 130 Å².